The fraction of sp³-hybridized carbons (Fsp3) is 0.417. The van der Waals surface area contributed by atoms with Crippen LogP contribution in [0.1, 0.15) is 19.4 Å². The van der Waals surface area contributed by atoms with Crippen molar-refractivity contribution < 1.29 is 9.47 Å². The molecule has 0 aliphatic heterocycles. The van der Waals surface area contributed by atoms with Crippen LogP contribution < -0.4 is 10.5 Å². The molecule has 1 aromatic rings. The van der Waals surface area contributed by atoms with E-state index in [0.717, 1.165) is 15.8 Å². The Kier molecular flexibility index (Phi) is 5.88. The third kappa shape index (κ3) is 5.02. The lowest BCUT2D eigenvalue weighted by atomic mass is 10.2. The van der Waals surface area contributed by atoms with Crippen molar-refractivity contribution in [1.29, 1.82) is 0 Å². The summed E-state index contributed by atoms with van der Waals surface area (Å²) in [6, 6.07) is 5.53. The first-order chi connectivity index (χ1) is 8.00. The molecule has 0 atom stereocenters. The van der Waals surface area contributed by atoms with E-state index < -0.39 is 0 Å². The molecule has 0 amide bonds. The van der Waals surface area contributed by atoms with Gasteiger partial charge in [-0.3, -0.25) is 0 Å². The van der Waals surface area contributed by atoms with Gasteiger partial charge in [0.1, 0.15) is 17.3 Å². The van der Waals surface area contributed by atoms with Gasteiger partial charge in [-0.2, -0.15) is 0 Å². The first-order valence-corrected chi connectivity index (χ1v) is 6.54. The maximum absolute atomic E-state index is 5.56. The molecule has 5 heteroatoms. The van der Waals surface area contributed by atoms with Gasteiger partial charge in [-0.25, -0.2) is 0 Å². The predicted octanol–water partition coefficient (Wildman–Crippen LogP) is 2.89. The third-order valence-electron chi connectivity index (χ3n) is 2.01. The molecule has 0 bridgehead atoms. The highest BCUT2D eigenvalue weighted by Gasteiger charge is 2.04. The van der Waals surface area contributed by atoms with Crippen LogP contribution in [-0.4, -0.2) is 24.3 Å². The van der Waals surface area contributed by atoms with Crippen LogP contribution in [0.15, 0.2) is 22.7 Å². The van der Waals surface area contributed by atoms with Crippen LogP contribution in [0.5, 0.6) is 5.75 Å². The Balaban J connectivity index is 2.50. The highest BCUT2D eigenvalue weighted by molar-refractivity contribution is 9.10. The van der Waals surface area contributed by atoms with Gasteiger partial charge in [0.2, 0.25) is 0 Å². The van der Waals surface area contributed by atoms with Crippen LogP contribution in [0.3, 0.4) is 0 Å². The lowest BCUT2D eigenvalue weighted by molar-refractivity contribution is 0.0552. The smallest absolute Gasteiger partial charge is 0.120 e. The summed E-state index contributed by atoms with van der Waals surface area (Å²) in [7, 11) is 0. The molecule has 0 heterocycles. The molecule has 1 rings (SSSR count). The third-order valence-corrected chi connectivity index (χ3v) is 2.89. The number of nitrogens with two attached hydrogens (primary N) is 1. The standard InChI is InChI=1S/C12H16BrNO2S/c1-8(2)15-5-6-16-9-3-4-10(12(14)17)11(13)7-9/h3-4,7-8H,5-6H2,1-2H3,(H2,14,17). The minimum Gasteiger partial charge on any atom is -0.491 e. The average Bonchev–Trinajstić information content (AvgIpc) is 2.23. The molecule has 94 valence electrons. The molecule has 1 aromatic carbocycles. The summed E-state index contributed by atoms with van der Waals surface area (Å²) in [6.07, 6.45) is 0.224. The molecule has 0 aliphatic carbocycles. The molecule has 3 nitrogen and oxygen atoms in total. The van der Waals surface area contributed by atoms with E-state index in [1.165, 1.54) is 0 Å². The van der Waals surface area contributed by atoms with E-state index in [-0.39, 0.29) is 6.10 Å². The van der Waals surface area contributed by atoms with Crippen molar-refractivity contribution in [3.05, 3.63) is 28.2 Å². The minimum absolute atomic E-state index is 0.224. The molecular weight excluding hydrogens is 302 g/mol. The number of halogens is 1. The maximum atomic E-state index is 5.56. The molecule has 0 spiro atoms. The largest absolute Gasteiger partial charge is 0.491 e. The normalized spacial score (nSPS) is 10.6. The van der Waals surface area contributed by atoms with Crippen molar-refractivity contribution in [2.24, 2.45) is 5.73 Å². The number of rotatable bonds is 6. The lowest BCUT2D eigenvalue weighted by Crippen LogP contribution is -2.12. The molecule has 17 heavy (non-hydrogen) atoms. The summed E-state index contributed by atoms with van der Waals surface area (Å²) < 4.78 is 11.8. The van der Waals surface area contributed by atoms with Gasteiger partial charge in [0, 0.05) is 10.0 Å². The quantitative estimate of drug-likeness (QED) is 0.647. The minimum atomic E-state index is 0.224. The summed E-state index contributed by atoms with van der Waals surface area (Å²) in [5.41, 5.74) is 6.37. The molecule has 0 saturated heterocycles. The van der Waals surface area contributed by atoms with Crippen LogP contribution in [0.4, 0.5) is 0 Å². The van der Waals surface area contributed by atoms with Gasteiger partial charge in [0.25, 0.3) is 0 Å². The first kappa shape index (κ1) is 14.4. The number of thiocarbonyl (C=S) groups is 1. The Hall–Kier alpha value is -0.650. The number of hydrogen-bond donors (Lipinski definition) is 1. The van der Waals surface area contributed by atoms with Crippen molar-refractivity contribution in [3.63, 3.8) is 0 Å². The second kappa shape index (κ2) is 6.93. The molecule has 0 aromatic heterocycles. The topological polar surface area (TPSA) is 44.5 Å². The van der Waals surface area contributed by atoms with E-state index >= 15 is 0 Å². The maximum Gasteiger partial charge on any atom is 0.120 e. The summed E-state index contributed by atoms with van der Waals surface area (Å²) >= 11 is 8.32. The molecule has 0 aliphatic rings. The van der Waals surface area contributed by atoms with Crippen LogP contribution >= 0.6 is 28.1 Å². The van der Waals surface area contributed by atoms with Crippen molar-refractivity contribution in [2.75, 3.05) is 13.2 Å². The van der Waals surface area contributed by atoms with Gasteiger partial charge in [0.05, 0.1) is 12.7 Å². The van der Waals surface area contributed by atoms with Crippen molar-refractivity contribution in [3.8, 4) is 5.75 Å². The van der Waals surface area contributed by atoms with Gasteiger partial charge < -0.3 is 15.2 Å². The second-order valence-electron chi connectivity index (χ2n) is 3.77. The SMILES string of the molecule is CC(C)OCCOc1ccc(C(N)=S)c(Br)c1. The van der Waals surface area contributed by atoms with Gasteiger partial charge in [-0.15, -0.1) is 0 Å². The molecule has 2 N–H and O–H groups in total. The van der Waals surface area contributed by atoms with Gasteiger partial charge in [-0.1, -0.05) is 12.2 Å². The summed E-state index contributed by atoms with van der Waals surface area (Å²) in [5.74, 6) is 0.768. The van der Waals surface area contributed by atoms with Gasteiger partial charge in [-0.05, 0) is 48.0 Å². The van der Waals surface area contributed by atoms with E-state index in [4.69, 9.17) is 27.4 Å². The summed E-state index contributed by atoms with van der Waals surface area (Å²) in [5, 5.41) is 0. The zero-order valence-electron chi connectivity index (χ0n) is 9.90. The van der Waals surface area contributed by atoms with Crippen molar-refractivity contribution in [1.82, 2.24) is 0 Å². The zero-order valence-corrected chi connectivity index (χ0v) is 12.3. The van der Waals surface area contributed by atoms with Crippen LogP contribution in [-0.2, 0) is 4.74 Å². The summed E-state index contributed by atoms with van der Waals surface area (Å²) in [4.78, 5) is 0.367. The van der Waals surface area contributed by atoms with E-state index in [9.17, 15) is 0 Å². The highest BCUT2D eigenvalue weighted by atomic mass is 79.9. The van der Waals surface area contributed by atoms with Gasteiger partial charge in [0.15, 0.2) is 0 Å². The zero-order chi connectivity index (χ0) is 12.8. The Bertz CT molecular complexity index is 396. The van der Waals surface area contributed by atoms with Gasteiger partial charge >= 0.3 is 0 Å². The van der Waals surface area contributed by atoms with Crippen LogP contribution in [0.25, 0.3) is 0 Å². The number of benzene rings is 1. The van der Waals surface area contributed by atoms with E-state index in [1.807, 2.05) is 32.0 Å². The Labute approximate surface area is 115 Å². The average molecular weight is 318 g/mol. The monoisotopic (exact) mass is 317 g/mol. The van der Waals surface area contributed by atoms with Crippen LogP contribution in [0.2, 0.25) is 0 Å². The number of hydrogen-bond acceptors (Lipinski definition) is 3. The van der Waals surface area contributed by atoms with Crippen LogP contribution in [0, 0.1) is 0 Å². The Morgan fingerprint density at radius 2 is 2.12 bits per heavy atom. The predicted molar refractivity (Wildman–Crippen MR) is 76.6 cm³/mol. The van der Waals surface area contributed by atoms with E-state index in [2.05, 4.69) is 15.9 Å². The molecule has 0 unspecified atom stereocenters. The lowest BCUT2D eigenvalue weighted by Gasteiger charge is -2.10. The Morgan fingerprint density at radius 1 is 1.41 bits per heavy atom. The number of ether oxygens (including phenoxy) is 2. The second-order valence-corrected chi connectivity index (χ2v) is 5.07. The van der Waals surface area contributed by atoms with Crippen molar-refractivity contribution >= 4 is 33.1 Å². The van der Waals surface area contributed by atoms with Crippen molar-refractivity contribution in [2.45, 2.75) is 20.0 Å². The molecule has 0 radical (unpaired) electrons. The molecular formula is C12H16BrNO2S. The van der Waals surface area contributed by atoms with E-state index in [0.29, 0.717) is 18.2 Å². The fourth-order valence-electron chi connectivity index (χ4n) is 1.23. The summed E-state index contributed by atoms with van der Waals surface area (Å²) in [6.45, 7) is 5.09. The molecule has 0 fully saturated rings. The fourth-order valence-corrected chi connectivity index (χ4v) is 2.11. The molecule has 0 saturated carbocycles. The Morgan fingerprint density at radius 3 is 2.65 bits per heavy atom. The highest BCUT2D eigenvalue weighted by Crippen LogP contribution is 2.23. The van der Waals surface area contributed by atoms with E-state index in [1.54, 1.807) is 0 Å². The first-order valence-electron chi connectivity index (χ1n) is 5.34.